The van der Waals surface area contributed by atoms with Gasteiger partial charge < -0.3 is 5.32 Å². The van der Waals surface area contributed by atoms with E-state index in [2.05, 4.69) is 19.2 Å². The van der Waals surface area contributed by atoms with E-state index in [1.807, 2.05) is 0 Å². The maximum atomic E-state index is 3.89. The van der Waals surface area contributed by atoms with E-state index in [1.54, 1.807) is 0 Å². The summed E-state index contributed by atoms with van der Waals surface area (Å²) in [6, 6.07) is 1.59. The minimum Gasteiger partial charge on any atom is -0.311 e. The Hall–Kier alpha value is -0.0400. The van der Waals surface area contributed by atoms with Crippen LogP contribution in [-0.4, -0.2) is 12.1 Å². The first-order valence-corrected chi connectivity index (χ1v) is 7.01. The van der Waals surface area contributed by atoms with Gasteiger partial charge in [-0.3, -0.25) is 0 Å². The second-order valence-electron chi connectivity index (χ2n) is 5.97. The summed E-state index contributed by atoms with van der Waals surface area (Å²) in [5.74, 6) is 1.93. The van der Waals surface area contributed by atoms with Crippen LogP contribution in [0.25, 0.3) is 0 Å². The van der Waals surface area contributed by atoms with Crippen LogP contribution < -0.4 is 5.32 Å². The summed E-state index contributed by atoms with van der Waals surface area (Å²) in [7, 11) is 0. The van der Waals surface area contributed by atoms with Crippen LogP contribution in [0.2, 0.25) is 0 Å². The van der Waals surface area contributed by atoms with Crippen LogP contribution in [-0.2, 0) is 0 Å². The molecule has 2 rings (SSSR count). The molecule has 0 heterocycles. The predicted octanol–water partition coefficient (Wildman–Crippen LogP) is 3.73. The average Bonchev–Trinajstić information content (AvgIpc) is 2.70. The van der Waals surface area contributed by atoms with Crippen molar-refractivity contribution >= 4 is 0 Å². The van der Waals surface area contributed by atoms with Gasteiger partial charge in [-0.05, 0) is 44.4 Å². The van der Waals surface area contributed by atoms with Crippen LogP contribution >= 0.6 is 0 Å². The minimum atomic E-state index is 0.766. The van der Waals surface area contributed by atoms with Crippen molar-refractivity contribution in [2.75, 3.05) is 0 Å². The standard InChI is InChI=1S/C14H27N/c1-11-6-5-9-14(10-11)15-12(2)13-7-3-4-8-13/h11-15H,3-10H2,1-2H3/t11?,12-,14?/m1/s1. The monoisotopic (exact) mass is 209 g/mol. The molecule has 0 aliphatic heterocycles. The highest BCUT2D eigenvalue weighted by molar-refractivity contribution is 4.83. The molecule has 1 N–H and O–H groups in total. The second kappa shape index (κ2) is 5.34. The lowest BCUT2D eigenvalue weighted by molar-refractivity contribution is 0.255. The van der Waals surface area contributed by atoms with Crippen molar-refractivity contribution in [3.63, 3.8) is 0 Å². The van der Waals surface area contributed by atoms with E-state index < -0.39 is 0 Å². The molecular weight excluding hydrogens is 182 g/mol. The van der Waals surface area contributed by atoms with E-state index in [-0.39, 0.29) is 0 Å². The van der Waals surface area contributed by atoms with Crippen molar-refractivity contribution in [2.45, 2.75) is 77.3 Å². The molecule has 1 nitrogen and oxygen atoms in total. The maximum absolute atomic E-state index is 3.89. The van der Waals surface area contributed by atoms with Gasteiger partial charge >= 0.3 is 0 Å². The van der Waals surface area contributed by atoms with E-state index in [4.69, 9.17) is 0 Å². The highest BCUT2D eigenvalue weighted by Gasteiger charge is 2.25. The predicted molar refractivity (Wildman–Crippen MR) is 66.0 cm³/mol. The number of hydrogen-bond donors (Lipinski definition) is 1. The zero-order valence-electron chi connectivity index (χ0n) is 10.5. The van der Waals surface area contributed by atoms with Gasteiger partial charge in [-0.1, -0.05) is 32.6 Å². The first-order chi connectivity index (χ1) is 7.25. The second-order valence-corrected chi connectivity index (χ2v) is 5.97. The molecule has 2 fully saturated rings. The number of nitrogens with one attached hydrogen (secondary N) is 1. The smallest absolute Gasteiger partial charge is 0.00721 e. The van der Waals surface area contributed by atoms with Crippen LogP contribution in [0.1, 0.15) is 65.2 Å². The third-order valence-corrected chi connectivity index (χ3v) is 4.54. The topological polar surface area (TPSA) is 12.0 Å². The molecule has 0 aromatic rings. The molecule has 2 unspecified atom stereocenters. The lowest BCUT2D eigenvalue weighted by Gasteiger charge is -2.32. The fourth-order valence-corrected chi connectivity index (χ4v) is 3.55. The fraction of sp³-hybridized carbons (Fsp3) is 1.00. The van der Waals surface area contributed by atoms with Crippen molar-refractivity contribution in [3.8, 4) is 0 Å². The Labute approximate surface area is 95.0 Å². The van der Waals surface area contributed by atoms with Crippen LogP contribution in [0.4, 0.5) is 0 Å². The Bertz CT molecular complexity index is 184. The van der Waals surface area contributed by atoms with E-state index in [9.17, 15) is 0 Å². The zero-order chi connectivity index (χ0) is 10.7. The van der Waals surface area contributed by atoms with Gasteiger partial charge in [0.05, 0.1) is 0 Å². The van der Waals surface area contributed by atoms with Crippen LogP contribution in [0.15, 0.2) is 0 Å². The van der Waals surface area contributed by atoms with E-state index in [1.165, 1.54) is 51.4 Å². The van der Waals surface area contributed by atoms with Crippen LogP contribution in [0.5, 0.6) is 0 Å². The largest absolute Gasteiger partial charge is 0.311 e. The fourth-order valence-electron chi connectivity index (χ4n) is 3.55. The normalized spacial score (nSPS) is 35.6. The highest BCUT2D eigenvalue weighted by atomic mass is 15.0. The average molecular weight is 209 g/mol. The van der Waals surface area contributed by atoms with Gasteiger partial charge in [-0.2, -0.15) is 0 Å². The Balaban J connectivity index is 1.74. The molecule has 2 aliphatic rings. The number of rotatable bonds is 3. The van der Waals surface area contributed by atoms with E-state index in [0.29, 0.717) is 0 Å². The van der Waals surface area contributed by atoms with Crippen molar-refractivity contribution in [1.82, 2.24) is 5.32 Å². The molecule has 3 atom stereocenters. The molecule has 0 aromatic carbocycles. The summed E-state index contributed by atoms with van der Waals surface area (Å²) in [4.78, 5) is 0. The van der Waals surface area contributed by atoms with Gasteiger partial charge in [0.2, 0.25) is 0 Å². The maximum Gasteiger partial charge on any atom is 0.00721 e. The lowest BCUT2D eigenvalue weighted by atomic mass is 9.86. The zero-order valence-corrected chi connectivity index (χ0v) is 10.5. The molecule has 2 aliphatic carbocycles. The molecular formula is C14H27N. The number of hydrogen-bond acceptors (Lipinski definition) is 1. The highest BCUT2D eigenvalue weighted by Crippen LogP contribution is 2.29. The summed E-state index contributed by atoms with van der Waals surface area (Å²) < 4.78 is 0. The van der Waals surface area contributed by atoms with Crippen molar-refractivity contribution in [3.05, 3.63) is 0 Å². The Morgan fingerprint density at radius 2 is 1.73 bits per heavy atom. The molecule has 0 bridgehead atoms. The first-order valence-electron chi connectivity index (χ1n) is 7.01. The van der Waals surface area contributed by atoms with Crippen LogP contribution in [0, 0.1) is 11.8 Å². The van der Waals surface area contributed by atoms with Gasteiger partial charge in [0, 0.05) is 12.1 Å². The van der Waals surface area contributed by atoms with Gasteiger partial charge in [-0.25, -0.2) is 0 Å². The van der Waals surface area contributed by atoms with E-state index >= 15 is 0 Å². The molecule has 15 heavy (non-hydrogen) atoms. The molecule has 0 aromatic heterocycles. The summed E-state index contributed by atoms with van der Waals surface area (Å²) in [6.07, 6.45) is 11.6. The summed E-state index contributed by atoms with van der Waals surface area (Å²) in [6.45, 7) is 4.82. The van der Waals surface area contributed by atoms with Crippen molar-refractivity contribution in [2.24, 2.45) is 11.8 Å². The van der Waals surface area contributed by atoms with Gasteiger partial charge in [0.25, 0.3) is 0 Å². The first kappa shape index (κ1) is 11.4. The summed E-state index contributed by atoms with van der Waals surface area (Å²) in [5, 5.41) is 3.89. The molecule has 88 valence electrons. The SMILES string of the molecule is CC1CCCC(N[C@H](C)C2CCCC2)C1. The van der Waals surface area contributed by atoms with Crippen molar-refractivity contribution in [1.29, 1.82) is 0 Å². The van der Waals surface area contributed by atoms with Gasteiger partial charge in [0.15, 0.2) is 0 Å². The van der Waals surface area contributed by atoms with Crippen molar-refractivity contribution < 1.29 is 0 Å². The van der Waals surface area contributed by atoms with Crippen LogP contribution in [0.3, 0.4) is 0 Å². The third-order valence-electron chi connectivity index (χ3n) is 4.54. The Morgan fingerprint density at radius 1 is 1.00 bits per heavy atom. The molecule has 0 spiro atoms. The summed E-state index contributed by atoms with van der Waals surface area (Å²) in [5.41, 5.74) is 0. The quantitative estimate of drug-likeness (QED) is 0.747. The van der Waals surface area contributed by atoms with Gasteiger partial charge in [0.1, 0.15) is 0 Å². The molecule has 0 radical (unpaired) electrons. The molecule has 0 amide bonds. The molecule has 2 saturated carbocycles. The summed E-state index contributed by atoms with van der Waals surface area (Å²) >= 11 is 0. The minimum absolute atomic E-state index is 0.766. The Morgan fingerprint density at radius 3 is 2.40 bits per heavy atom. The lowest BCUT2D eigenvalue weighted by Crippen LogP contribution is -2.42. The molecule has 0 saturated heterocycles. The van der Waals surface area contributed by atoms with E-state index in [0.717, 1.165) is 23.9 Å². The third kappa shape index (κ3) is 3.21. The Kier molecular flexibility index (Phi) is 4.07. The molecule has 1 heteroatoms. The van der Waals surface area contributed by atoms with Gasteiger partial charge in [-0.15, -0.1) is 0 Å².